The average Bonchev–Trinajstić information content (AvgIpc) is 3.14. The van der Waals surface area contributed by atoms with Crippen LogP contribution in [0.3, 0.4) is 0 Å². The van der Waals surface area contributed by atoms with Gasteiger partial charge in [0.1, 0.15) is 0 Å². The second-order valence-corrected chi connectivity index (χ2v) is 5.50. The van der Waals surface area contributed by atoms with Crippen LogP contribution in [0.25, 0.3) is 0 Å². The summed E-state index contributed by atoms with van der Waals surface area (Å²) in [6, 6.07) is 0. The Morgan fingerprint density at radius 1 is 1.29 bits per heavy atom. The summed E-state index contributed by atoms with van der Waals surface area (Å²) < 4.78 is 11.4. The van der Waals surface area contributed by atoms with Gasteiger partial charge in [0, 0.05) is 19.7 Å². The van der Waals surface area contributed by atoms with Crippen molar-refractivity contribution < 1.29 is 19.1 Å². The van der Waals surface area contributed by atoms with E-state index in [0.29, 0.717) is 5.69 Å². The molecule has 1 saturated carbocycles. The Morgan fingerprint density at radius 3 is 2.29 bits per heavy atom. The molecule has 1 heterocycles. The molecule has 0 bridgehead atoms. The van der Waals surface area contributed by atoms with Crippen molar-refractivity contribution >= 4 is 11.9 Å². The maximum Gasteiger partial charge on any atom is 0.323 e. The molecule has 0 amide bonds. The van der Waals surface area contributed by atoms with E-state index in [9.17, 15) is 9.59 Å². The number of carbonyl (C=O) groups excluding carboxylic acids is 2. The zero-order valence-electron chi connectivity index (χ0n) is 12.7. The predicted molar refractivity (Wildman–Crippen MR) is 73.1 cm³/mol. The monoisotopic (exact) mass is 295 g/mol. The highest BCUT2D eigenvalue weighted by atomic mass is 16.5. The molecule has 0 spiro atoms. The molecule has 1 aliphatic carbocycles. The molecule has 0 radical (unpaired) electrons. The molecule has 0 unspecified atom stereocenters. The minimum absolute atomic E-state index is 0.0839. The fraction of sp³-hybridized carbons (Fsp3) is 0.714. The molecule has 0 atom stereocenters. The second-order valence-electron chi connectivity index (χ2n) is 5.50. The Hall–Kier alpha value is -1.92. The summed E-state index contributed by atoms with van der Waals surface area (Å²) in [5.74, 6) is -1.18. The molecular formula is C14H21N3O4. The first-order chi connectivity index (χ1) is 10.0. The van der Waals surface area contributed by atoms with E-state index in [1.807, 2.05) is 0 Å². The molecular weight excluding hydrogens is 274 g/mol. The molecule has 0 aromatic carbocycles. The van der Waals surface area contributed by atoms with E-state index in [1.165, 1.54) is 14.2 Å². The summed E-state index contributed by atoms with van der Waals surface area (Å²) in [7, 11) is 4.33. The first kappa shape index (κ1) is 15.5. The molecule has 1 aliphatic rings. The summed E-state index contributed by atoms with van der Waals surface area (Å²) in [5, 5.41) is 7.86. The average molecular weight is 295 g/mol. The van der Waals surface area contributed by atoms with Crippen molar-refractivity contribution in [3.05, 3.63) is 11.9 Å². The number of rotatable bonds is 5. The Balaban J connectivity index is 2.43. The highest BCUT2D eigenvalue weighted by Crippen LogP contribution is 2.44. The van der Waals surface area contributed by atoms with Crippen molar-refractivity contribution in [3.63, 3.8) is 0 Å². The quantitative estimate of drug-likeness (QED) is 0.592. The van der Waals surface area contributed by atoms with Gasteiger partial charge in [-0.25, -0.2) is 0 Å². The van der Waals surface area contributed by atoms with Crippen LogP contribution in [0.2, 0.25) is 0 Å². The lowest BCUT2D eigenvalue weighted by Gasteiger charge is -2.32. The fourth-order valence-electron chi connectivity index (χ4n) is 3.25. The van der Waals surface area contributed by atoms with Gasteiger partial charge >= 0.3 is 11.9 Å². The van der Waals surface area contributed by atoms with E-state index < -0.39 is 17.4 Å². The maximum absolute atomic E-state index is 12.5. The topological polar surface area (TPSA) is 83.3 Å². The van der Waals surface area contributed by atoms with E-state index in [0.717, 1.165) is 25.7 Å². The molecule has 0 N–H and O–H groups in total. The number of carbonyl (C=O) groups is 2. The van der Waals surface area contributed by atoms with Gasteiger partial charge < -0.3 is 9.47 Å². The van der Waals surface area contributed by atoms with Gasteiger partial charge in [-0.05, 0) is 18.8 Å². The lowest BCUT2D eigenvalue weighted by atomic mass is 9.71. The van der Waals surface area contributed by atoms with Crippen molar-refractivity contribution in [2.45, 2.75) is 32.1 Å². The standard InChI is InChI=1S/C14H21N3O4/c1-17-9-11(15-16-17)8-14(12(18)20-2,13(19)21-3)10-6-4-5-7-10/h9-10H,4-8H2,1-3H3. The number of methoxy groups -OCH3 is 2. The number of hydrogen-bond acceptors (Lipinski definition) is 6. The lowest BCUT2D eigenvalue weighted by Crippen LogP contribution is -2.48. The number of aromatic nitrogens is 3. The van der Waals surface area contributed by atoms with Crippen LogP contribution in [0.1, 0.15) is 31.4 Å². The van der Waals surface area contributed by atoms with Gasteiger partial charge in [0.15, 0.2) is 5.41 Å². The van der Waals surface area contributed by atoms with Gasteiger partial charge in [0.2, 0.25) is 0 Å². The van der Waals surface area contributed by atoms with Crippen molar-refractivity contribution in [1.82, 2.24) is 15.0 Å². The molecule has 0 saturated heterocycles. The van der Waals surface area contributed by atoms with Crippen LogP contribution >= 0.6 is 0 Å². The van der Waals surface area contributed by atoms with Gasteiger partial charge in [-0.2, -0.15) is 0 Å². The number of aryl methyl sites for hydroxylation is 1. The predicted octanol–water partition coefficient (Wildman–Crippen LogP) is 0.880. The smallest absolute Gasteiger partial charge is 0.323 e. The summed E-state index contributed by atoms with van der Waals surface area (Å²) in [5.41, 5.74) is -0.740. The third-order valence-electron chi connectivity index (χ3n) is 4.26. The van der Waals surface area contributed by atoms with E-state index >= 15 is 0 Å². The minimum Gasteiger partial charge on any atom is -0.468 e. The zero-order chi connectivity index (χ0) is 15.5. The summed E-state index contributed by atoms with van der Waals surface area (Å²) >= 11 is 0. The molecule has 116 valence electrons. The van der Waals surface area contributed by atoms with Crippen LogP contribution < -0.4 is 0 Å². The second kappa shape index (κ2) is 6.24. The molecule has 7 heteroatoms. The van der Waals surface area contributed by atoms with Gasteiger partial charge in [-0.15, -0.1) is 5.10 Å². The summed E-state index contributed by atoms with van der Waals surface area (Å²) in [4.78, 5) is 24.9. The van der Waals surface area contributed by atoms with Crippen molar-refractivity contribution in [1.29, 1.82) is 0 Å². The Morgan fingerprint density at radius 2 is 1.86 bits per heavy atom. The molecule has 21 heavy (non-hydrogen) atoms. The molecule has 7 nitrogen and oxygen atoms in total. The van der Waals surface area contributed by atoms with Crippen LogP contribution in [-0.4, -0.2) is 41.2 Å². The minimum atomic E-state index is -1.32. The highest BCUT2D eigenvalue weighted by molar-refractivity contribution is 6.00. The number of ether oxygens (including phenoxy) is 2. The van der Waals surface area contributed by atoms with Crippen LogP contribution in [0.4, 0.5) is 0 Å². The number of nitrogens with zero attached hydrogens (tertiary/aromatic N) is 3. The van der Waals surface area contributed by atoms with Crippen molar-refractivity contribution in [2.24, 2.45) is 18.4 Å². The van der Waals surface area contributed by atoms with E-state index in [1.54, 1.807) is 17.9 Å². The number of esters is 2. The fourth-order valence-corrected chi connectivity index (χ4v) is 3.25. The highest BCUT2D eigenvalue weighted by Gasteiger charge is 2.55. The lowest BCUT2D eigenvalue weighted by molar-refractivity contribution is -0.174. The third-order valence-corrected chi connectivity index (χ3v) is 4.26. The normalized spacial score (nSPS) is 16.0. The van der Waals surface area contributed by atoms with Crippen LogP contribution in [0.5, 0.6) is 0 Å². The molecule has 1 aromatic heterocycles. The van der Waals surface area contributed by atoms with E-state index in [4.69, 9.17) is 9.47 Å². The first-order valence-electron chi connectivity index (χ1n) is 7.06. The van der Waals surface area contributed by atoms with Gasteiger partial charge in [-0.1, -0.05) is 18.1 Å². The van der Waals surface area contributed by atoms with Gasteiger partial charge in [0.05, 0.1) is 19.9 Å². The SMILES string of the molecule is COC(=O)C(Cc1cn(C)nn1)(C(=O)OC)C1CCCC1. The first-order valence-corrected chi connectivity index (χ1v) is 7.06. The summed E-state index contributed by atoms with van der Waals surface area (Å²) in [6.45, 7) is 0. The third kappa shape index (κ3) is 2.77. The molecule has 2 rings (SSSR count). The van der Waals surface area contributed by atoms with E-state index in [2.05, 4.69) is 10.3 Å². The van der Waals surface area contributed by atoms with Gasteiger partial charge in [-0.3, -0.25) is 14.3 Å². The van der Waals surface area contributed by atoms with Crippen molar-refractivity contribution in [3.8, 4) is 0 Å². The van der Waals surface area contributed by atoms with Crippen LogP contribution in [0.15, 0.2) is 6.20 Å². The maximum atomic E-state index is 12.5. The van der Waals surface area contributed by atoms with E-state index in [-0.39, 0.29) is 12.3 Å². The van der Waals surface area contributed by atoms with Crippen LogP contribution in [0, 0.1) is 11.3 Å². The summed E-state index contributed by atoms with van der Waals surface area (Å²) in [6.07, 6.45) is 5.48. The van der Waals surface area contributed by atoms with Crippen molar-refractivity contribution in [2.75, 3.05) is 14.2 Å². The Kier molecular flexibility index (Phi) is 4.59. The zero-order valence-corrected chi connectivity index (χ0v) is 12.7. The number of hydrogen-bond donors (Lipinski definition) is 0. The molecule has 1 fully saturated rings. The Labute approximate surface area is 123 Å². The van der Waals surface area contributed by atoms with Gasteiger partial charge in [0.25, 0.3) is 0 Å². The molecule has 0 aliphatic heterocycles. The Bertz CT molecular complexity index is 504. The van der Waals surface area contributed by atoms with Crippen LogP contribution in [-0.2, 0) is 32.5 Å². The largest absolute Gasteiger partial charge is 0.468 e. The molecule has 1 aromatic rings.